The van der Waals surface area contributed by atoms with Gasteiger partial charge in [0.2, 0.25) is 20.0 Å². The van der Waals surface area contributed by atoms with Crippen molar-refractivity contribution >= 4 is 20.0 Å². The lowest BCUT2D eigenvalue weighted by atomic mass is 9.88. The van der Waals surface area contributed by atoms with Gasteiger partial charge in [-0.1, -0.05) is 37.1 Å². The molecule has 6 nitrogen and oxygen atoms in total. The van der Waals surface area contributed by atoms with E-state index >= 15 is 0 Å². The summed E-state index contributed by atoms with van der Waals surface area (Å²) in [6, 6.07) is 13.0. The second-order valence-electron chi connectivity index (χ2n) is 7.84. The van der Waals surface area contributed by atoms with Crippen molar-refractivity contribution in [3.63, 3.8) is 0 Å². The number of hydrogen-bond acceptors (Lipinski definition) is 4. The lowest BCUT2D eigenvalue weighted by Gasteiger charge is -2.26. The molecule has 2 N–H and O–H groups in total. The van der Waals surface area contributed by atoms with Gasteiger partial charge in [-0.05, 0) is 67.5 Å². The molecule has 2 aliphatic carbocycles. The number of aryl methyl sites for hydroxylation is 1. The maximum atomic E-state index is 12.9. The summed E-state index contributed by atoms with van der Waals surface area (Å²) in [5.41, 5.74) is 2.19. The van der Waals surface area contributed by atoms with Gasteiger partial charge in [-0.3, -0.25) is 0 Å². The summed E-state index contributed by atoms with van der Waals surface area (Å²) in [4.78, 5) is 0.159. The molecule has 0 aromatic heterocycles. The number of nitrogens with one attached hydrogen (secondary N) is 2. The molecule has 1 saturated carbocycles. The van der Waals surface area contributed by atoms with Crippen LogP contribution in [-0.4, -0.2) is 22.9 Å². The highest BCUT2D eigenvalue weighted by Crippen LogP contribution is 2.31. The van der Waals surface area contributed by atoms with Crippen LogP contribution in [0, 0.1) is 0 Å². The molecule has 0 heterocycles. The van der Waals surface area contributed by atoms with E-state index in [0.717, 1.165) is 50.5 Å². The highest BCUT2D eigenvalue weighted by atomic mass is 32.2. The highest BCUT2D eigenvalue weighted by Gasteiger charge is 2.27. The van der Waals surface area contributed by atoms with Gasteiger partial charge in [0.25, 0.3) is 0 Å². The molecule has 0 saturated heterocycles. The quantitative estimate of drug-likeness (QED) is 0.730. The Morgan fingerprint density at radius 2 is 1.28 bits per heavy atom. The molecular formula is C21H26N2O4S2. The summed E-state index contributed by atoms with van der Waals surface area (Å²) in [5.74, 6) is 0. The third-order valence-corrected chi connectivity index (χ3v) is 8.81. The van der Waals surface area contributed by atoms with Crippen LogP contribution in [0.5, 0.6) is 0 Å². The number of rotatable bonds is 6. The Kier molecular flexibility index (Phi) is 5.79. The summed E-state index contributed by atoms with van der Waals surface area (Å²) >= 11 is 0. The van der Waals surface area contributed by atoms with E-state index in [4.69, 9.17) is 0 Å². The van der Waals surface area contributed by atoms with Crippen LogP contribution in [0.15, 0.2) is 58.3 Å². The first kappa shape index (κ1) is 20.5. The van der Waals surface area contributed by atoms with Gasteiger partial charge in [0.15, 0.2) is 0 Å². The van der Waals surface area contributed by atoms with E-state index in [1.54, 1.807) is 0 Å². The number of sulfonamides is 2. The van der Waals surface area contributed by atoms with Crippen LogP contribution in [0.2, 0.25) is 0 Å². The SMILES string of the molecule is O=S(=O)(NC1CCCC1)c1ccc(S(=O)(=O)NC2CCCc3ccccc32)cc1. The maximum Gasteiger partial charge on any atom is 0.241 e. The molecule has 156 valence electrons. The van der Waals surface area contributed by atoms with Crippen LogP contribution in [0.3, 0.4) is 0 Å². The zero-order chi connectivity index (χ0) is 20.5. The van der Waals surface area contributed by atoms with Crippen molar-refractivity contribution < 1.29 is 16.8 Å². The molecular weight excluding hydrogens is 408 g/mol. The zero-order valence-electron chi connectivity index (χ0n) is 16.2. The van der Waals surface area contributed by atoms with E-state index in [2.05, 4.69) is 9.44 Å². The van der Waals surface area contributed by atoms with Crippen LogP contribution in [0.4, 0.5) is 0 Å². The molecule has 1 fully saturated rings. The lowest BCUT2D eigenvalue weighted by molar-refractivity contribution is 0.507. The predicted octanol–water partition coefficient (Wildman–Crippen LogP) is 3.26. The van der Waals surface area contributed by atoms with Crippen molar-refractivity contribution in [1.29, 1.82) is 0 Å². The smallest absolute Gasteiger partial charge is 0.208 e. The molecule has 0 amide bonds. The first-order chi connectivity index (χ1) is 13.9. The molecule has 1 unspecified atom stereocenters. The van der Waals surface area contributed by atoms with Gasteiger partial charge in [0.1, 0.15) is 0 Å². The minimum absolute atomic E-state index is 0.0311. The third kappa shape index (κ3) is 4.55. The predicted molar refractivity (Wildman–Crippen MR) is 111 cm³/mol. The molecule has 0 bridgehead atoms. The molecule has 29 heavy (non-hydrogen) atoms. The normalized spacial score (nSPS) is 20.5. The van der Waals surface area contributed by atoms with Crippen molar-refractivity contribution in [3.05, 3.63) is 59.7 Å². The van der Waals surface area contributed by atoms with Crippen LogP contribution in [0.25, 0.3) is 0 Å². The van der Waals surface area contributed by atoms with Crippen molar-refractivity contribution in [2.24, 2.45) is 0 Å². The molecule has 0 radical (unpaired) electrons. The fourth-order valence-electron chi connectivity index (χ4n) is 4.26. The van der Waals surface area contributed by atoms with E-state index < -0.39 is 20.0 Å². The summed E-state index contributed by atoms with van der Waals surface area (Å²) < 4.78 is 56.3. The largest absolute Gasteiger partial charge is 0.241 e. The molecule has 8 heteroatoms. The Morgan fingerprint density at radius 3 is 1.93 bits per heavy atom. The van der Waals surface area contributed by atoms with Gasteiger partial charge in [-0.25, -0.2) is 26.3 Å². The van der Waals surface area contributed by atoms with Crippen molar-refractivity contribution in [2.45, 2.75) is 66.8 Å². The number of fused-ring (bicyclic) bond motifs is 1. The van der Waals surface area contributed by atoms with Crippen LogP contribution < -0.4 is 9.44 Å². The van der Waals surface area contributed by atoms with Crippen LogP contribution >= 0.6 is 0 Å². The Balaban J connectivity index is 1.51. The van der Waals surface area contributed by atoms with Crippen molar-refractivity contribution in [1.82, 2.24) is 9.44 Å². The first-order valence-electron chi connectivity index (χ1n) is 10.1. The molecule has 2 aliphatic rings. The monoisotopic (exact) mass is 434 g/mol. The van der Waals surface area contributed by atoms with Crippen LogP contribution in [-0.2, 0) is 26.5 Å². The third-order valence-electron chi connectivity index (χ3n) is 5.79. The molecule has 2 aromatic rings. The van der Waals surface area contributed by atoms with E-state index in [0.29, 0.717) is 0 Å². The fraction of sp³-hybridized carbons (Fsp3) is 0.429. The van der Waals surface area contributed by atoms with Crippen molar-refractivity contribution in [2.75, 3.05) is 0 Å². The second-order valence-corrected chi connectivity index (χ2v) is 11.3. The lowest BCUT2D eigenvalue weighted by Crippen LogP contribution is -2.33. The molecule has 1 atom stereocenters. The minimum atomic E-state index is -3.75. The number of hydrogen-bond donors (Lipinski definition) is 2. The average Bonchev–Trinajstić information content (AvgIpc) is 3.20. The molecule has 0 aliphatic heterocycles. The van der Waals surface area contributed by atoms with Gasteiger partial charge in [0.05, 0.1) is 9.79 Å². The standard InChI is InChI=1S/C21H26N2O4S2/c24-28(25,22-17-8-2-3-9-17)18-12-14-19(15-13-18)29(26,27)23-21-11-5-7-16-6-1-4-10-20(16)21/h1,4,6,10,12-15,17,21-23H,2-3,5,7-9,11H2. The Labute approximate surface area is 172 Å². The maximum absolute atomic E-state index is 12.9. The van der Waals surface area contributed by atoms with Crippen LogP contribution in [0.1, 0.15) is 55.7 Å². The average molecular weight is 435 g/mol. The molecule has 0 spiro atoms. The van der Waals surface area contributed by atoms with E-state index in [-0.39, 0.29) is 21.9 Å². The Hall–Kier alpha value is -1.74. The summed E-state index contributed by atoms with van der Waals surface area (Å²) in [6.07, 6.45) is 6.37. The first-order valence-corrected chi connectivity index (χ1v) is 13.0. The van der Waals surface area contributed by atoms with Crippen molar-refractivity contribution in [3.8, 4) is 0 Å². The Morgan fingerprint density at radius 1 is 0.690 bits per heavy atom. The Bertz CT molecular complexity index is 1070. The topological polar surface area (TPSA) is 92.3 Å². The van der Waals surface area contributed by atoms with E-state index in [1.165, 1.54) is 29.8 Å². The van der Waals surface area contributed by atoms with Gasteiger partial charge >= 0.3 is 0 Å². The number of benzene rings is 2. The van der Waals surface area contributed by atoms with E-state index in [1.807, 2.05) is 24.3 Å². The summed E-state index contributed by atoms with van der Waals surface area (Å²) in [5, 5.41) is 0. The van der Waals surface area contributed by atoms with Gasteiger partial charge in [0, 0.05) is 12.1 Å². The zero-order valence-corrected chi connectivity index (χ0v) is 17.8. The van der Waals surface area contributed by atoms with Gasteiger partial charge in [-0.2, -0.15) is 0 Å². The molecule has 4 rings (SSSR count). The highest BCUT2D eigenvalue weighted by molar-refractivity contribution is 7.90. The summed E-state index contributed by atoms with van der Waals surface area (Å²) in [7, 11) is -7.39. The van der Waals surface area contributed by atoms with E-state index in [9.17, 15) is 16.8 Å². The van der Waals surface area contributed by atoms with Gasteiger partial charge in [-0.15, -0.1) is 0 Å². The summed E-state index contributed by atoms with van der Waals surface area (Å²) in [6.45, 7) is 0. The second kappa shape index (κ2) is 8.18. The minimum Gasteiger partial charge on any atom is -0.208 e. The molecule has 2 aromatic carbocycles. The van der Waals surface area contributed by atoms with Gasteiger partial charge < -0.3 is 0 Å². The fourth-order valence-corrected chi connectivity index (χ4v) is 6.82.